The maximum atomic E-state index is 12.2. The first-order valence-electron chi connectivity index (χ1n) is 10.3. The van der Waals surface area contributed by atoms with Crippen molar-refractivity contribution in [1.82, 2.24) is 24.6 Å². The van der Waals surface area contributed by atoms with Gasteiger partial charge in [-0.3, -0.25) is 9.69 Å². The largest absolute Gasteiger partial charge is 0.354 e. The average Bonchev–Trinajstić information content (AvgIpc) is 3.16. The number of piperazine rings is 1. The van der Waals surface area contributed by atoms with Gasteiger partial charge in [0.1, 0.15) is 12.1 Å². The Morgan fingerprint density at radius 1 is 1.00 bits per heavy atom. The minimum Gasteiger partial charge on any atom is -0.354 e. The van der Waals surface area contributed by atoms with E-state index in [0.29, 0.717) is 6.54 Å². The van der Waals surface area contributed by atoms with Crippen LogP contribution in [0.25, 0.3) is 0 Å². The Hall–Kier alpha value is -2.28. The second kappa shape index (κ2) is 7.62. The lowest BCUT2D eigenvalue weighted by Gasteiger charge is -2.36. The molecule has 7 nitrogen and oxygen atoms in total. The summed E-state index contributed by atoms with van der Waals surface area (Å²) in [6.45, 7) is 11.7. The molecule has 1 saturated heterocycles. The summed E-state index contributed by atoms with van der Waals surface area (Å²) in [5, 5.41) is 4.58. The van der Waals surface area contributed by atoms with Gasteiger partial charge in [0, 0.05) is 55.5 Å². The molecule has 1 aliphatic carbocycles. The SMILES string of the molecule is CC(C)(C)c1ccc(=O)n(CCN2CCN(c3ncnc4c3CCC4)CC2)n1. The molecular weight excluding hydrogens is 352 g/mol. The van der Waals surface area contributed by atoms with Gasteiger partial charge in [-0.15, -0.1) is 0 Å². The van der Waals surface area contributed by atoms with Gasteiger partial charge >= 0.3 is 0 Å². The van der Waals surface area contributed by atoms with E-state index in [-0.39, 0.29) is 11.0 Å². The van der Waals surface area contributed by atoms with Crippen molar-refractivity contribution in [3.63, 3.8) is 0 Å². The molecular formula is C21H30N6O. The standard InChI is InChI=1S/C21H30N6O/c1-21(2,3)18-7-8-19(28)27(24-18)14-11-25-9-12-26(13-10-25)20-16-5-4-6-17(16)22-15-23-20/h7-8,15H,4-6,9-14H2,1-3H3. The highest BCUT2D eigenvalue weighted by Crippen LogP contribution is 2.28. The zero-order valence-electron chi connectivity index (χ0n) is 17.2. The van der Waals surface area contributed by atoms with Crippen LogP contribution in [0.1, 0.15) is 44.1 Å². The number of rotatable bonds is 4. The molecule has 2 aromatic rings. The van der Waals surface area contributed by atoms with E-state index < -0.39 is 0 Å². The fourth-order valence-corrected chi connectivity index (χ4v) is 4.04. The predicted molar refractivity (Wildman–Crippen MR) is 110 cm³/mol. The lowest BCUT2D eigenvalue weighted by Crippen LogP contribution is -2.48. The molecule has 1 aliphatic heterocycles. The van der Waals surface area contributed by atoms with E-state index in [0.717, 1.165) is 57.1 Å². The second-order valence-corrected chi connectivity index (χ2v) is 8.83. The summed E-state index contributed by atoms with van der Waals surface area (Å²) in [6, 6.07) is 3.49. The third-order valence-electron chi connectivity index (χ3n) is 5.79. The molecule has 28 heavy (non-hydrogen) atoms. The zero-order valence-corrected chi connectivity index (χ0v) is 17.2. The van der Waals surface area contributed by atoms with Crippen molar-refractivity contribution in [2.24, 2.45) is 0 Å². The molecule has 1 fully saturated rings. The number of nitrogens with zero attached hydrogens (tertiary/aromatic N) is 6. The smallest absolute Gasteiger partial charge is 0.266 e. The highest BCUT2D eigenvalue weighted by Gasteiger charge is 2.24. The van der Waals surface area contributed by atoms with Crippen molar-refractivity contribution in [3.8, 4) is 0 Å². The molecule has 2 aliphatic rings. The third kappa shape index (κ3) is 3.94. The molecule has 150 valence electrons. The Bertz CT molecular complexity index is 892. The molecule has 2 aromatic heterocycles. The normalized spacial score (nSPS) is 17.8. The monoisotopic (exact) mass is 382 g/mol. The molecule has 7 heteroatoms. The average molecular weight is 383 g/mol. The van der Waals surface area contributed by atoms with Crippen LogP contribution in [0, 0.1) is 0 Å². The van der Waals surface area contributed by atoms with E-state index in [4.69, 9.17) is 0 Å². The van der Waals surface area contributed by atoms with Crippen LogP contribution in [-0.4, -0.2) is 57.4 Å². The summed E-state index contributed by atoms with van der Waals surface area (Å²) in [4.78, 5) is 26.0. The Morgan fingerprint density at radius 2 is 1.79 bits per heavy atom. The fraction of sp³-hybridized carbons (Fsp3) is 0.619. The van der Waals surface area contributed by atoms with Gasteiger partial charge in [-0.05, 0) is 25.3 Å². The van der Waals surface area contributed by atoms with Crippen LogP contribution in [0.3, 0.4) is 0 Å². The number of aromatic nitrogens is 4. The highest BCUT2D eigenvalue weighted by molar-refractivity contribution is 5.50. The van der Waals surface area contributed by atoms with Gasteiger partial charge in [0.05, 0.1) is 12.2 Å². The van der Waals surface area contributed by atoms with Crippen molar-refractivity contribution in [2.45, 2.75) is 52.0 Å². The van der Waals surface area contributed by atoms with Crippen molar-refractivity contribution in [2.75, 3.05) is 37.6 Å². The Balaban J connectivity index is 1.36. The second-order valence-electron chi connectivity index (χ2n) is 8.83. The van der Waals surface area contributed by atoms with E-state index >= 15 is 0 Å². The van der Waals surface area contributed by atoms with Crippen LogP contribution in [0.2, 0.25) is 0 Å². The molecule has 0 saturated carbocycles. The quantitative estimate of drug-likeness (QED) is 0.801. The molecule has 0 radical (unpaired) electrons. The maximum absolute atomic E-state index is 12.2. The molecule has 0 amide bonds. The van der Waals surface area contributed by atoms with Crippen LogP contribution in [0.5, 0.6) is 0 Å². The summed E-state index contributed by atoms with van der Waals surface area (Å²) >= 11 is 0. The van der Waals surface area contributed by atoms with Gasteiger partial charge in [-0.1, -0.05) is 20.8 Å². The fourth-order valence-electron chi connectivity index (χ4n) is 4.04. The number of hydrogen-bond acceptors (Lipinski definition) is 6. The van der Waals surface area contributed by atoms with Gasteiger partial charge in [-0.25, -0.2) is 14.6 Å². The van der Waals surface area contributed by atoms with E-state index in [1.165, 1.54) is 17.7 Å². The van der Waals surface area contributed by atoms with E-state index in [1.54, 1.807) is 17.1 Å². The van der Waals surface area contributed by atoms with Crippen molar-refractivity contribution >= 4 is 5.82 Å². The van der Waals surface area contributed by atoms with Gasteiger partial charge in [0.15, 0.2) is 0 Å². The van der Waals surface area contributed by atoms with Crippen LogP contribution in [0.15, 0.2) is 23.3 Å². The molecule has 3 heterocycles. The summed E-state index contributed by atoms with van der Waals surface area (Å²) < 4.78 is 1.62. The molecule has 0 atom stereocenters. The molecule has 0 N–H and O–H groups in total. The predicted octanol–water partition coefficient (Wildman–Crippen LogP) is 1.64. The number of anilines is 1. The van der Waals surface area contributed by atoms with Crippen LogP contribution in [0.4, 0.5) is 5.82 Å². The van der Waals surface area contributed by atoms with Crippen molar-refractivity contribution in [3.05, 3.63) is 45.8 Å². The van der Waals surface area contributed by atoms with Crippen LogP contribution < -0.4 is 10.5 Å². The number of fused-ring (bicyclic) bond motifs is 1. The van der Waals surface area contributed by atoms with Crippen LogP contribution >= 0.6 is 0 Å². The first-order valence-corrected chi connectivity index (χ1v) is 10.3. The summed E-state index contributed by atoms with van der Waals surface area (Å²) in [5.41, 5.74) is 3.46. The van der Waals surface area contributed by atoms with Crippen LogP contribution in [-0.2, 0) is 24.8 Å². The van der Waals surface area contributed by atoms with Crippen molar-refractivity contribution in [1.29, 1.82) is 0 Å². The summed E-state index contributed by atoms with van der Waals surface area (Å²) in [6.07, 6.45) is 5.09. The number of aryl methyl sites for hydroxylation is 1. The Kier molecular flexibility index (Phi) is 5.19. The molecule has 0 aromatic carbocycles. The molecule has 0 spiro atoms. The first-order chi connectivity index (χ1) is 13.4. The zero-order chi connectivity index (χ0) is 19.7. The molecule has 0 bridgehead atoms. The topological polar surface area (TPSA) is 67.2 Å². The first kappa shape index (κ1) is 19.1. The lowest BCUT2D eigenvalue weighted by atomic mass is 9.92. The van der Waals surface area contributed by atoms with E-state index in [1.807, 2.05) is 6.07 Å². The minimum absolute atomic E-state index is 0.0248. The van der Waals surface area contributed by atoms with Gasteiger partial charge < -0.3 is 4.90 Å². The Morgan fingerprint density at radius 3 is 2.54 bits per heavy atom. The summed E-state index contributed by atoms with van der Waals surface area (Å²) in [5.74, 6) is 1.14. The number of hydrogen-bond donors (Lipinski definition) is 0. The van der Waals surface area contributed by atoms with Gasteiger partial charge in [-0.2, -0.15) is 5.10 Å². The molecule has 4 rings (SSSR count). The van der Waals surface area contributed by atoms with E-state index in [2.05, 4.69) is 45.6 Å². The Labute approximate surface area is 166 Å². The van der Waals surface area contributed by atoms with Gasteiger partial charge in [0.25, 0.3) is 5.56 Å². The van der Waals surface area contributed by atoms with Crippen molar-refractivity contribution < 1.29 is 0 Å². The van der Waals surface area contributed by atoms with E-state index in [9.17, 15) is 4.79 Å². The summed E-state index contributed by atoms with van der Waals surface area (Å²) in [7, 11) is 0. The van der Waals surface area contributed by atoms with Gasteiger partial charge in [0.2, 0.25) is 0 Å². The lowest BCUT2D eigenvalue weighted by molar-refractivity contribution is 0.241. The maximum Gasteiger partial charge on any atom is 0.266 e. The third-order valence-corrected chi connectivity index (χ3v) is 5.79. The highest BCUT2D eigenvalue weighted by atomic mass is 16.1. The minimum atomic E-state index is -0.0567. The molecule has 0 unspecified atom stereocenters.